The molecule has 1 aliphatic heterocycles. The van der Waals surface area contributed by atoms with Crippen LogP contribution in [0.15, 0.2) is 47.1 Å². The summed E-state index contributed by atoms with van der Waals surface area (Å²) >= 11 is 10.8. The lowest BCUT2D eigenvalue weighted by Crippen LogP contribution is -2.50. The van der Waals surface area contributed by atoms with E-state index < -0.39 is 17.7 Å². The van der Waals surface area contributed by atoms with Crippen LogP contribution in [0.2, 0.25) is 5.02 Å². The standard InChI is InChI=1S/C18H17ClN4O4S/c19-13-4-1-3-11(7-13)16(25)20-18(28)22-21-17(26)12-8-15(24)23(9-12)10-14-5-2-6-27-14/h1-7,12H,8-10H2,(H,21,26)(H2,20,22,25,28). The van der Waals surface area contributed by atoms with Crippen LogP contribution in [0.3, 0.4) is 0 Å². The first kappa shape index (κ1) is 19.8. The summed E-state index contributed by atoms with van der Waals surface area (Å²) in [6.07, 6.45) is 1.62. The summed E-state index contributed by atoms with van der Waals surface area (Å²) < 4.78 is 5.23. The van der Waals surface area contributed by atoms with E-state index >= 15 is 0 Å². The zero-order valence-corrected chi connectivity index (χ0v) is 16.2. The number of amides is 3. The largest absolute Gasteiger partial charge is 0.467 e. The Hall–Kier alpha value is -2.91. The average Bonchev–Trinajstić information content (AvgIpc) is 3.30. The maximum Gasteiger partial charge on any atom is 0.257 e. The fraction of sp³-hybridized carbons (Fsp3) is 0.222. The molecule has 10 heteroatoms. The summed E-state index contributed by atoms with van der Waals surface area (Å²) in [5, 5.41) is 2.78. The van der Waals surface area contributed by atoms with Crippen molar-refractivity contribution in [1.82, 2.24) is 21.1 Å². The number of hydrazine groups is 1. The van der Waals surface area contributed by atoms with Crippen molar-refractivity contribution < 1.29 is 18.8 Å². The van der Waals surface area contributed by atoms with Gasteiger partial charge in [-0.3, -0.25) is 30.6 Å². The number of hydrogen-bond donors (Lipinski definition) is 3. The molecule has 1 aliphatic rings. The zero-order valence-electron chi connectivity index (χ0n) is 14.6. The molecule has 146 valence electrons. The Kier molecular flexibility index (Phi) is 6.27. The van der Waals surface area contributed by atoms with Crippen molar-refractivity contribution in [2.75, 3.05) is 6.54 Å². The molecule has 0 aliphatic carbocycles. The van der Waals surface area contributed by atoms with Crippen LogP contribution in [-0.4, -0.2) is 34.3 Å². The summed E-state index contributed by atoms with van der Waals surface area (Å²) in [5.41, 5.74) is 5.22. The molecule has 1 aromatic carbocycles. The molecule has 2 aromatic rings. The van der Waals surface area contributed by atoms with E-state index in [0.29, 0.717) is 22.9 Å². The molecule has 1 unspecified atom stereocenters. The van der Waals surface area contributed by atoms with Gasteiger partial charge in [0.25, 0.3) is 5.91 Å². The van der Waals surface area contributed by atoms with Gasteiger partial charge in [0.2, 0.25) is 11.8 Å². The summed E-state index contributed by atoms with van der Waals surface area (Å²) in [4.78, 5) is 38.0. The predicted octanol–water partition coefficient (Wildman–Crippen LogP) is 1.62. The summed E-state index contributed by atoms with van der Waals surface area (Å²) in [6, 6.07) is 9.87. The number of benzene rings is 1. The molecular weight excluding hydrogens is 404 g/mol. The normalized spacial score (nSPS) is 16.0. The van der Waals surface area contributed by atoms with Crippen LogP contribution in [0, 0.1) is 5.92 Å². The van der Waals surface area contributed by atoms with Gasteiger partial charge in [0.05, 0.1) is 18.7 Å². The number of likely N-dealkylation sites (tertiary alicyclic amines) is 1. The second kappa shape index (κ2) is 8.85. The second-order valence-electron chi connectivity index (χ2n) is 6.16. The average molecular weight is 421 g/mol. The van der Waals surface area contributed by atoms with Crippen molar-refractivity contribution in [3.8, 4) is 0 Å². The first-order valence-electron chi connectivity index (χ1n) is 8.39. The Labute approximate surface area is 171 Å². The minimum absolute atomic E-state index is 0.0740. The van der Waals surface area contributed by atoms with Crippen molar-refractivity contribution >= 4 is 46.7 Å². The van der Waals surface area contributed by atoms with Crippen LogP contribution < -0.4 is 16.2 Å². The smallest absolute Gasteiger partial charge is 0.257 e. The number of halogens is 1. The highest BCUT2D eigenvalue weighted by Crippen LogP contribution is 2.20. The van der Waals surface area contributed by atoms with E-state index in [2.05, 4.69) is 16.2 Å². The number of carbonyl (C=O) groups is 3. The number of furan rings is 1. The molecule has 28 heavy (non-hydrogen) atoms. The van der Waals surface area contributed by atoms with Gasteiger partial charge >= 0.3 is 0 Å². The number of thiocarbonyl (C=S) groups is 1. The van der Waals surface area contributed by atoms with Crippen molar-refractivity contribution in [2.45, 2.75) is 13.0 Å². The summed E-state index contributed by atoms with van der Waals surface area (Å²) in [5.74, 6) is -0.864. The molecule has 1 fully saturated rings. The van der Waals surface area contributed by atoms with Gasteiger partial charge in [0.15, 0.2) is 5.11 Å². The zero-order chi connectivity index (χ0) is 20.1. The third-order valence-electron chi connectivity index (χ3n) is 4.13. The molecule has 0 bridgehead atoms. The number of nitrogens with one attached hydrogen (secondary N) is 3. The summed E-state index contributed by atoms with van der Waals surface area (Å²) in [7, 11) is 0. The Morgan fingerprint density at radius 1 is 1.25 bits per heavy atom. The highest BCUT2D eigenvalue weighted by molar-refractivity contribution is 7.80. The van der Waals surface area contributed by atoms with Gasteiger partial charge in [0.1, 0.15) is 5.76 Å². The molecule has 0 radical (unpaired) electrons. The van der Waals surface area contributed by atoms with Crippen molar-refractivity contribution in [3.63, 3.8) is 0 Å². The highest BCUT2D eigenvalue weighted by atomic mass is 35.5. The molecule has 1 aromatic heterocycles. The van der Waals surface area contributed by atoms with E-state index in [4.69, 9.17) is 28.2 Å². The number of hydrogen-bond acceptors (Lipinski definition) is 5. The van der Waals surface area contributed by atoms with Crippen molar-refractivity contribution in [1.29, 1.82) is 0 Å². The topological polar surface area (TPSA) is 104 Å². The molecule has 0 spiro atoms. The molecular formula is C18H17ClN4O4S. The Morgan fingerprint density at radius 2 is 2.07 bits per heavy atom. The van der Waals surface area contributed by atoms with E-state index in [1.165, 1.54) is 12.3 Å². The van der Waals surface area contributed by atoms with Gasteiger partial charge in [-0.25, -0.2) is 0 Å². The minimum atomic E-state index is -0.526. The van der Waals surface area contributed by atoms with Crippen LogP contribution in [0.5, 0.6) is 0 Å². The van der Waals surface area contributed by atoms with E-state index in [9.17, 15) is 14.4 Å². The molecule has 3 N–H and O–H groups in total. The van der Waals surface area contributed by atoms with E-state index in [1.54, 1.807) is 35.2 Å². The SMILES string of the molecule is O=C(NC(=S)NNC(=O)C1CC(=O)N(Cc2ccco2)C1)c1cccc(Cl)c1. The lowest BCUT2D eigenvalue weighted by molar-refractivity contribution is -0.129. The third kappa shape index (κ3) is 5.08. The predicted molar refractivity (Wildman–Crippen MR) is 105 cm³/mol. The molecule has 3 amide bonds. The third-order valence-corrected chi connectivity index (χ3v) is 4.56. The van der Waals surface area contributed by atoms with Crippen LogP contribution in [0.25, 0.3) is 0 Å². The highest BCUT2D eigenvalue weighted by Gasteiger charge is 2.34. The quantitative estimate of drug-likeness (QED) is 0.513. The van der Waals surface area contributed by atoms with E-state index in [0.717, 1.165) is 0 Å². The van der Waals surface area contributed by atoms with Gasteiger partial charge in [-0.1, -0.05) is 17.7 Å². The molecule has 1 atom stereocenters. The van der Waals surface area contributed by atoms with Gasteiger partial charge in [0, 0.05) is 23.6 Å². The van der Waals surface area contributed by atoms with Gasteiger partial charge < -0.3 is 9.32 Å². The monoisotopic (exact) mass is 420 g/mol. The lowest BCUT2D eigenvalue weighted by Gasteiger charge is -2.16. The van der Waals surface area contributed by atoms with Crippen molar-refractivity contribution in [2.24, 2.45) is 5.92 Å². The Balaban J connectivity index is 1.45. The fourth-order valence-corrected chi connectivity index (χ4v) is 3.08. The van der Waals surface area contributed by atoms with Crippen molar-refractivity contribution in [3.05, 3.63) is 59.0 Å². The molecule has 8 nitrogen and oxygen atoms in total. The molecule has 2 heterocycles. The van der Waals surface area contributed by atoms with Crippen LogP contribution in [-0.2, 0) is 16.1 Å². The second-order valence-corrected chi connectivity index (χ2v) is 7.01. The maximum absolute atomic E-state index is 12.3. The number of nitrogens with zero attached hydrogens (tertiary/aromatic N) is 1. The maximum atomic E-state index is 12.3. The number of rotatable bonds is 4. The molecule has 3 rings (SSSR count). The van der Waals surface area contributed by atoms with E-state index in [1.807, 2.05) is 0 Å². The van der Waals surface area contributed by atoms with Crippen LogP contribution >= 0.6 is 23.8 Å². The number of carbonyl (C=O) groups excluding carboxylic acids is 3. The first-order valence-corrected chi connectivity index (χ1v) is 9.18. The fourth-order valence-electron chi connectivity index (χ4n) is 2.75. The van der Waals surface area contributed by atoms with Crippen LogP contribution in [0.1, 0.15) is 22.5 Å². The molecule has 0 saturated carbocycles. The van der Waals surface area contributed by atoms with Crippen LogP contribution in [0.4, 0.5) is 0 Å². The van der Waals surface area contributed by atoms with E-state index in [-0.39, 0.29) is 24.0 Å². The van der Waals surface area contributed by atoms with Gasteiger partial charge in [-0.15, -0.1) is 0 Å². The van der Waals surface area contributed by atoms with Gasteiger partial charge in [-0.2, -0.15) is 0 Å². The Bertz CT molecular complexity index is 903. The minimum Gasteiger partial charge on any atom is -0.467 e. The first-order chi connectivity index (χ1) is 13.4. The Morgan fingerprint density at radius 3 is 2.79 bits per heavy atom. The van der Waals surface area contributed by atoms with Gasteiger partial charge in [-0.05, 0) is 42.5 Å². The molecule has 1 saturated heterocycles. The lowest BCUT2D eigenvalue weighted by atomic mass is 10.1. The summed E-state index contributed by atoms with van der Waals surface area (Å²) in [6.45, 7) is 0.589.